The van der Waals surface area contributed by atoms with Crippen molar-refractivity contribution >= 4 is 30.3 Å². The number of carbonyl (C=O) groups is 5. The number of carboxylic acid groups (broad SMARTS) is 1. The maximum absolute atomic E-state index is 11.9. The fourth-order valence-electron chi connectivity index (χ4n) is 2.19. The molecule has 0 aromatic heterocycles. The van der Waals surface area contributed by atoms with E-state index in [2.05, 4.69) is 49.6 Å². The Kier molecular flexibility index (Phi) is 21.1. The van der Waals surface area contributed by atoms with Gasteiger partial charge >= 0.3 is 6.09 Å². The molecule has 0 radical (unpaired) electrons. The number of amides is 4. The smallest absolute Gasteiger partial charge is 0.408 e. The highest BCUT2D eigenvalue weighted by Crippen LogP contribution is 2.07. The molecule has 34 heavy (non-hydrogen) atoms. The number of alkyl carbamates (subject to hydrolysis) is 1. The summed E-state index contributed by atoms with van der Waals surface area (Å²) in [6.07, 6.45) is 9.26. The van der Waals surface area contributed by atoms with E-state index in [-0.39, 0.29) is 25.5 Å². The third-order valence-electron chi connectivity index (χ3n) is 3.45. The standard InChI is InChI=1S/C16H28N4O5.C4H10.C2H2.CH2O2/c1-11(19-15(24)25-16(2,3)4)14(23)18-9-12(21)17-10-13(22)20-7-5-6-8-20;1-4(2)3;1-2;2-1-3/h11H,5-10H2,1-4H3,(H,17,21)(H,18,23)(H,19,24);4H,1-3H3;1-2H;1H,(H,2,3)/t11-;;;/m0.../s1. The van der Waals surface area contributed by atoms with Crippen molar-refractivity contribution < 1.29 is 33.8 Å². The van der Waals surface area contributed by atoms with E-state index in [4.69, 9.17) is 14.6 Å². The second-order valence-electron chi connectivity index (χ2n) is 8.79. The minimum absolute atomic E-state index is 0.0829. The molecule has 0 aliphatic carbocycles. The van der Waals surface area contributed by atoms with Crippen LogP contribution >= 0.6 is 0 Å². The van der Waals surface area contributed by atoms with E-state index >= 15 is 0 Å². The molecule has 11 nitrogen and oxygen atoms in total. The van der Waals surface area contributed by atoms with Gasteiger partial charge in [-0.05, 0) is 46.5 Å². The van der Waals surface area contributed by atoms with Crippen LogP contribution in [0.5, 0.6) is 0 Å². The van der Waals surface area contributed by atoms with E-state index in [1.165, 1.54) is 6.92 Å². The summed E-state index contributed by atoms with van der Waals surface area (Å²) in [6.45, 7) is 14.0. The van der Waals surface area contributed by atoms with Crippen molar-refractivity contribution in [3.8, 4) is 12.8 Å². The minimum Gasteiger partial charge on any atom is -0.483 e. The Morgan fingerprint density at radius 3 is 1.85 bits per heavy atom. The van der Waals surface area contributed by atoms with Gasteiger partial charge in [-0.2, -0.15) is 0 Å². The summed E-state index contributed by atoms with van der Waals surface area (Å²) in [7, 11) is 0. The molecular formula is C23H42N4O7. The molecule has 11 heteroatoms. The number of terminal acetylenes is 1. The second kappa shape index (κ2) is 20.3. The number of carbonyl (C=O) groups excluding carboxylic acids is 4. The highest BCUT2D eigenvalue weighted by Gasteiger charge is 2.22. The Labute approximate surface area is 203 Å². The van der Waals surface area contributed by atoms with Crippen LogP contribution < -0.4 is 16.0 Å². The van der Waals surface area contributed by atoms with Crippen molar-refractivity contribution in [1.29, 1.82) is 0 Å². The normalized spacial score (nSPS) is 12.7. The molecule has 1 saturated heterocycles. The average molecular weight is 487 g/mol. The lowest BCUT2D eigenvalue weighted by Gasteiger charge is -2.21. The third kappa shape index (κ3) is 23.4. The Morgan fingerprint density at radius 2 is 1.44 bits per heavy atom. The van der Waals surface area contributed by atoms with E-state index in [1.54, 1.807) is 25.7 Å². The van der Waals surface area contributed by atoms with Gasteiger partial charge < -0.3 is 30.7 Å². The molecule has 0 aromatic rings. The maximum Gasteiger partial charge on any atom is 0.408 e. The van der Waals surface area contributed by atoms with Crippen molar-refractivity contribution in [3.05, 3.63) is 0 Å². The van der Waals surface area contributed by atoms with Crippen LogP contribution in [-0.4, -0.2) is 78.1 Å². The van der Waals surface area contributed by atoms with Gasteiger partial charge in [0.25, 0.3) is 6.47 Å². The molecule has 4 amide bonds. The van der Waals surface area contributed by atoms with Gasteiger partial charge in [-0.1, -0.05) is 20.8 Å². The summed E-state index contributed by atoms with van der Waals surface area (Å²) in [4.78, 5) is 57.0. The molecule has 1 rings (SSSR count). The minimum atomic E-state index is -0.853. The van der Waals surface area contributed by atoms with Crippen LogP contribution in [-0.2, 0) is 23.9 Å². The van der Waals surface area contributed by atoms with Gasteiger partial charge in [0.1, 0.15) is 11.6 Å². The number of hydrogen-bond acceptors (Lipinski definition) is 6. The Bertz CT molecular complexity index is 634. The third-order valence-corrected chi connectivity index (χ3v) is 3.45. The molecule has 1 aliphatic rings. The van der Waals surface area contributed by atoms with Gasteiger partial charge in [-0.15, -0.1) is 12.8 Å². The summed E-state index contributed by atoms with van der Waals surface area (Å²) in [5.74, 6) is -0.283. The Hall–Kier alpha value is -3.29. The zero-order valence-corrected chi connectivity index (χ0v) is 21.5. The van der Waals surface area contributed by atoms with Crippen molar-refractivity contribution in [2.24, 2.45) is 5.92 Å². The highest BCUT2D eigenvalue weighted by atomic mass is 16.6. The number of likely N-dealkylation sites (tertiary alicyclic amines) is 1. The molecule has 196 valence electrons. The first-order valence-electron chi connectivity index (χ1n) is 11.0. The molecule has 0 aromatic carbocycles. The second-order valence-corrected chi connectivity index (χ2v) is 8.79. The van der Waals surface area contributed by atoms with Gasteiger partial charge in [0, 0.05) is 13.1 Å². The van der Waals surface area contributed by atoms with Gasteiger partial charge in [0.05, 0.1) is 13.1 Å². The van der Waals surface area contributed by atoms with Crippen LogP contribution in [0.15, 0.2) is 0 Å². The van der Waals surface area contributed by atoms with E-state index < -0.39 is 29.6 Å². The van der Waals surface area contributed by atoms with Crippen LogP contribution in [0.1, 0.15) is 61.3 Å². The van der Waals surface area contributed by atoms with Crippen LogP contribution in [0.2, 0.25) is 0 Å². The summed E-state index contributed by atoms with van der Waals surface area (Å²) >= 11 is 0. The van der Waals surface area contributed by atoms with Gasteiger partial charge in [0.2, 0.25) is 17.7 Å². The fraction of sp³-hybridized carbons (Fsp3) is 0.696. The summed E-state index contributed by atoms with van der Waals surface area (Å²) in [5.41, 5.74) is -0.665. The van der Waals surface area contributed by atoms with Crippen molar-refractivity contribution in [3.63, 3.8) is 0 Å². The molecular weight excluding hydrogens is 444 g/mol. The molecule has 1 atom stereocenters. The Balaban J connectivity index is -0.000000922. The van der Waals surface area contributed by atoms with Crippen LogP contribution in [0.3, 0.4) is 0 Å². The number of ether oxygens (including phenoxy) is 1. The topological polar surface area (TPSA) is 154 Å². The first kappa shape index (κ1) is 35.3. The van der Waals surface area contributed by atoms with E-state index in [1.807, 2.05) is 0 Å². The highest BCUT2D eigenvalue weighted by molar-refractivity contribution is 5.90. The lowest BCUT2D eigenvalue weighted by molar-refractivity contribution is -0.132. The molecule has 0 unspecified atom stereocenters. The fourth-order valence-corrected chi connectivity index (χ4v) is 2.19. The first-order chi connectivity index (χ1) is 15.7. The van der Waals surface area contributed by atoms with Crippen molar-refractivity contribution in [2.45, 2.75) is 73.0 Å². The van der Waals surface area contributed by atoms with Crippen molar-refractivity contribution in [2.75, 3.05) is 26.2 Å². The molecule has 4 N–H and O–H groups in total. The number of nitrogens with zero attached hydrogens (tertiary/aromatic N) is 1. The molecule has 1 fully saturated rings. The van der Waals surface area contributed by atoms with Crippen molar-refractivity contribution in [1.82, 2.24) is 20.9 Å². The van der Waals surface area contributed by atoms with Crippen LogP contribution in [0.4, 0.5) is 4.79 Å². The molecule has 0 spiro atoms. The predicted molar refractivity (Wildman–Crippen MR) is 130 cm³/mol. The summed E-state index contributed by atoms with van der Waals surface area (Å²) in [5, 5.41) is 14.1. The molecule has 0 saturated carbocycles. The number of hydrogen-bond donors (Lipinski definition) is 4. The van der Waals surface area contributed by atoms with E-state index in [0.717, 1.165) is 31.8 Å². The van der Waals surface area contributed by atoms with Gasteiger partial charge in [-0.25, -0.2) is 4.79 Å². The molecule has 1 aliphatic heterocycles. The first-order valence-corrected chi connectivity index (χ1v) is 11.0. The van der Waals surface area contributed by atoms with Crippen LogP contribution in [0, 0.1) is 18.8 Å². The quantitative estimate of drug-likeness (QED) is 0.326. The predicted octanol–water partition coefficient (Wildman–Crippen LogP) is 1.37. The lowest BCUT2D eigenvalue weighted by atomic mass is 10.2. The zero-order valence-electron chi connectivity index (χ0n) is 21.5. The monoisotopic (exact) mass is 486 g/mol. The van der Waals surface area contributed by atoms with Gasteiger partial charge in [-0.3, -0.25) is 19.2 Å². The average Bonchev–Trinajstić information content (AvgIpc) is 3.25. The number of rotatable bonds is 6. The van der Waals surface area contributed by atoms with Crippen LogP contribution in [0.25, 0.3) is 0 Å². The maximum atomic E-state index is 11.9. The summed E-state index contributed by atoms with van der Waals surface area (Å²) in [6, 6.07) is -0.853. The Morgan fingerprint density at radius 1 is 1.00 bits per heavy atom. The summed E-state index contributed by atoms with van der Waals surface area (Å²) < 4.78 is 5.05. The molecule has 0 bridgehead atoms. The zero-order chi connectivity index (χ0) is 27.3. The number of nitrogens with one attached hydrogen (secondary N) is 3. The van der Waals surface area contributed by atoms with E-state index in [0.29, 0.717) is 0 Å². The van der Waals surface area contributed by atoms with E-state index in [9.17, 15) is 19.2 Å². The molecule has 1 heterocycles. The lowest BCUT2D eigenvalue weighted by Crippen LogP contribution is -2.49. The largest absolute Gasteiger partial charge is 0.483 e. The SMILES string of the molecule is C#C.CC(C)C.C[C@H](NC(=O)OC(C)(C)C)C(=O)NCC(=O)NCC(=O)N1CCCC1.O=CO. The van der Waals surface area contributed by atoms with Gasteiger partial charge in [0.15, 0.2) is 0 Å².